The van der Waals surface area contributed by atoms with Crippen LogP contribution in [0.25, 0.3) is 0 Å². The molecule has 32 heavy (non-hydrogen) atoms. The highest BCUT2D eigenvalue weighted by molar-refractivity contribution is 5.97. The third kappa shape index (κ3) is 9.41. The first-order valence-corrected chi connectivity index (χ1v) is 12.3. The first kappa shape index (κ1) is 25.9. The Labute approximate surface area is 192 Å². The minimum atomic E-state index is -0.876. The van der Waals surface area contributed by atoms with Crippen LogP contribution in [0.2, 0.25) is 0 Å². The summed E-state index contributed by atoms with van der Waals surface area (Å²) < 4.78 is 10.3. The molecule has 2 amide bonds. The lowest BCUT2D eigenvalue weighted by atomic mass is 10.0. The van der Waals surface area contributed by atoms with E-state index in [0.29, 0.717) is 12.8 Å². The number of nitrogens with zero attached hydrogens (tertiary/aromatic N) is 1. The van der Waals surface area contributed by atoms with Crippen molar-refractivity contribution in [2.75, 3.05) is 6.61 Å². The summed E-state index contributed by atoms with van der Waals surface area (Å²) in [5.41, 5.74) is 0.826. The number of unbranched alkanes of at least 4 members (excludes halogenated alkanes) is 10. The van der Waals surface area contributed by atoms with E-state index in [1.165, 1.54) is 51.4 Å². The summed E-state index contributed by atoms with van der Waals surface area (Å²) in [5, 5.41) is 0. The van der Waals surface area contributed by atoms with Crippen molar-refractivity contribution in [2.45, 2.75) is 103 Å². The van der Waals surface area contributed by atoms with Gasteiger partial charge in [-0.2, -0.15) is 0 Å². The van der Waals surface area contributed by atoms with E-state index in [2.05, 4.69) is 6.92 Å². The molecule has 0 unspecified atom stereocenters. The van der Waals surface area contributed by atoms with E-state index in [9.17, 15) is 14.4 Å². The Balaban J connectivity index is 1.70. The van der Waals surface area contributed by atoms with Crippen LogP contribution in [0.1, 0.15) is 96.0 Å². The molecule has 0 N–H and O–H groups in total. The van der Waals surface area contributed by atoms with Gasteiger partial charge in [-0.1, -0.05) is 101 Å². The lowest BCUT2D eigenvalue weighted by Gasteiger charge is -2.24. The molecule has 6 heteroatoms. The Bertz CT molecular complexity index is 691. The zero-order valence-electron chi connectivity index (χ0n) is 19.6. The van der Waals surface area contributed by atoms with Gasteiger partial charge in [0, 0.05) is 12.8 Å². The molecule has 178 valence electrons. The lowest BCUT2D eigenvalue weighted by molar-refractivity contribution is -0.147. The van der Waals surface area contributed by atoms with Crippen molar-refractivity contribution in [3.63, 3.8) is 0 Å². The summed E-state index contributed by atoms with van der Waals surface area (Å²) in [6.07, 6.45) is 12.9. The second-order valence-corrected chi connectivity index (χ2v) is 8.56. The Hall–Kier alpha value is -2.37. The average molecular weight is 446 g/mol. The highest BCUT2D eigenvalue weighted by atomic mass is 16.6. The molecule has 2 rings (SSSR count). The Morgan fingerprint density at radius 2 is 1.53 bits per heavy atom. The summed E-state index contributed by atoms with van der Waals surface area (Å²) in [7, 11) is 0. The molecule has 0 radical (unpaired) electrons. The van der Waals surface area contributed by atoms with Crippen molar-refractivity contribution >= 4 is 18.0 Å². The Morgan fingerprint density at radius 1 is 0.938 bits per heavy atom. The van der Waals surface area contributed by atoms with E-state index in [0.717, 1.165) is 23.3 Å². The van der Waals surface area contributed by atoms with Crippen LogP contribution < -0.4 is 0 Å². The SMILES string of the molecule is CCCCCCCCCCCCCC(=O)N(C(=O)OCc1ccccc1)[C@H]1CCOC1=O. The zero-order chi connectivity index (χ0) is 23.0. The quantitative estimate of drug-likeness (QED) is 0.238. The largest absolute Gasteiger partial charge is 0.464 e. The molecule has 0 bridgehead atoms. The van der Waals surface area contributed by atoms with Gasteiger partial charge in [0.1, 0.15) is 12.6 Å². The monoisotopic (exact) mass is 445 g/mol. The fourth-order valence-electron chi connectivity index (χ4n) is 3.97. The van der Waals surface area contributed by atoms with Crippen LogP contribution in [0, 0.1) is 0 Å². The molecule has 0 aliphatic carbocycles. The van der Waals surface area contributed by atoms with Crippen molar-refractivity contribution in [1.29, 1.82) is 0 Å². The van der Waals surface area contributed by atoms with E-state index in [4.69, 9.17) is 9.47 Å². The third-order valence-electron chi connectivity index (χ3n) is 5.88. The molecule has 1 heterocycles. The van der Waals surface area contributed by atoms with E-state index >= 15 is 0 Å². The summed E-state index contributed by atoms with van der Waals surface area (Å²) in [6, 6.07) is 8.39. The van der Waals surface area contributed by atoms with Gasteiger partial charge in [0.2, 0.25) is 5.91 Å². The second-order valence-electron chi connectivity index (χ2n) is 8.56. The molecule has 1 fully saturated rings. The fourth-order valence-corrected chi connectivity index (χ4v) is 3.97. The molecule has 1 aromatic rings. The van der Waals surface area contributed by atoms with E-state index < -0.39 is 18.1 Å². The maximum Gasteiger partial charge on any atom is 0.417 e. The maximum absolute atomic E-state index is 12.8. The van der Waals surface area contributed by atoms with Gasteiger partial charge in [-0.3, -0.25) is 4.79 Å². The molecule has 1 saturated heterocycles. The first-order chi connectivity index (χ1) is 15.6. The van der Waals surface area contributed by atoms with Gasteiger partial charge < -0.3 is 9.47 Å². The molecule has 1 atom stereocenters. The number of carbonyl (C=O) groups is 3. The second kappa shape index (κ2) is 15.4. The number of hydrogen-bond acceptors (Lipinski definition) is 5. The molecule has 1 aliphatic heterocycles. The van der Waals surface area contributed by atoms with Crippen molar-refractivity contribution in [3.05, 3.63) is 35.9 Å². The zero-order valence-corrected chi connectivity index (χ0v) is 19.6. The number of imide groups is 1. The topological polar surface area (TPSA) is 72.9 Å². The number of carbonyl (C=O) groups excluding carboxylic acids is 3. The summed E-state index contributed by atoms with van der Waals surface area (Å²) in [5.74, 6) is -0.892. The van der Waals surface area contributed by atoms with Crippen LogP contribution in [0.3, 0.4) is 0 Å². The van der Waals surface area contributed by atoms with Crippen molar-refractivity contribution < 1.29 is 23.9 Å². The molecule has 1 aliphatic rings. The highest BCUT2D eigenvalue weighted by Gasteiger charge is 2.39. The molecule has 1 aromatic carbocycles. The number of amides is 2. The van der Waals surface area contributed by atoms with Gasteiger partial charge in [-0.15, -0.1) is 0 Å². The first-order valence-electron chi connectivity index (χ1n) is 12.3. The van der Waals surface area contributed by atoms with E-state index in [1.807, 2.05) is 30.3 Å². The maximum atomic E-state index is 12.8. The van der Waals surface area contributed by atoms with Crippen molar-refractivity contribution in [1.82, 2.24) is 4.90 Å². The normalized spacial score (nSPS) is 15.4. The predicted molar refractivity (Wildman–Crippen MR) is 124 cm³/mol. The number of esters is 1. The van der Waals surface area contributed by atoms with Gasteiger partial charge in [0.25, 0.3) is 0 Å². The van der Waals surface area contributed by atoms with Gasteiger partial charge >= 0.3 is 12.1 Å². The number of benzene rings is 1. The van der Waals surface area contributed by atoms with Crippen LogP contribution in [0.15, 0.2) is 30.3 Å². The average Bonchev–Trinajstić information content (AvgIpc) is 3.22. The van der Waals surface area contributed by atoms with Gasteiger partial charge in [-0.25, -0.2) is 14.5 Å². The third-order valence-corrected chi connectivity index (χ3v) is 5.88. The fraction of sp³-hybridized carbons (Fsp3) is 0.654. The number of rotatable bonds is 15. The van der Waals surface area contributed by atoms with Crippen molar-refractivity contribution in [2.24, 2.45) is 0 Å². The minimum Gasteiger partial charge on any atom is -0.464 e. The summed E-state index contributed by atoms with van der Waals surface area (Å²) in [6.45, 7) is 2.51. The molecule has 0 spiro atoms. The van der Waals surface area contributed by atoms with E-state index in [1.54, 1.807) is 0 Å². The molecular formula is C26H39NO5. The molecular weight excluding hydrogens is 406 g/mol. The van der Waals surface area contributed by atoms with Gasteiger partial charge in [-0.05, 0) is 12.0 Å². The van der Waals surface area contributed by atoms with Crippen LogP contribution >= 0.6 is 0 Å². The standard InChI is InChI=1S/C26H39NO5/c1-2-3-4-5-6-7-8-9-10-11-15-18-24(28)27(23-19-20-31-25(23)29)26(30)32-21-22-16-13-12-14-17-22/h12-14,16-17,23H,2-11,15,18-21H2,1H3/t23-/m0/s1. The summed E-state index contributed by atoms with van der Waals surface area (Å²) >= 11 is 0. The van der Waals surface area contributed by atoms with Crippen LogP contribution in [0.5, 0.6) is 0 Å². The number of hydrogen-bond donors (Lipinski definition) is 0. The number of ether oxygens (including phenoxy) is 2. The smallest absolute Gasteiger partial charge is 0.417 e. The van der Waals surface area contributed by atoms with Crippen LogP contribution in [-0.2, 0) is 25.7 Å². The predicted octanol–water partition coefficient (Wildman–Crippen LogP) is 6.17. The molecule has 6 nitrogen and oxygen atoms in total. The Morgan fingerprint density at radius 3 is 2.09 bits per heavy atom. The molecule has 0 aromatic heterocycles. The van der Waals surface area contributed by atoms with Crippen LogP contribution in [-0.4, -0.2) is 35.5 Å². The van der Waals surface area contributed by atoms with Crippen molar-refractivity contribution in [3.8, 4) is 0 Å². The van der Waals surface area contributed by atoms with Gasteiger partial charge in [0.05, 0.1) is 6.61 Å². The number of cyclic esters (lactones) is 1. The Kier molecular flexibility index (Phi) is 12.5. The lowest BCUT2D eigenvalue weighted by Crippen LogP contribution is -2.47. The van der Waals surface area contributed by atoms with Gasteiger partial charge in [0.15, 0.2) is 0 Å². The van der Waals surface area contributed by atoms with E-state index in [-0.39, 0.29) is 25.5 Å². The highest BCUT2D eigenvalue weighted by Crippen LogP contribution is 2.19. The minimum absolute atomic E-state index is 0.0592. The van der Waals surface area contributed by atoms with Crippen LogP contribution in [0.4, 0.5) is 4.79 Å². The molecule has 0 saturated carbocycles. The summed E-state index contributed by atoms with van der Waals surface area (Å²) in [4.78, 5) is 38.5.